The molecule has 1 saturated carbocycles. The SMILES string of the molecule is COc1ccc(CN(CC2CCCCN2)C2CC2)cc1F. The first-order valence-corrected chi connectivity index (χ1v) is 8.06. The van der Waals surface area contributed by atoms with Gasteiger partial charge < -0.3 is 10.1 Å². The number of nitrogens with zero attached hydrogens (tertiary/aromatic N) is 1. The molecule has 1 saturated heterocycles. The second kappa shape index (κ2) is 6.75. The lowest BCUT2D eigenvalue weighted by Gasteiger charge is -2.30. The van der Waals surface area contributed by atoms with Gasteiger partial charge in [-0.3, -0.25) is 4.90 Å². The van der Waals surface area contributed by atoms with E-state index in [0.29, 0.717) is 17.8 Å². The van der Waals surface area contributed by atoms with Crippen LogP contribution in [0.5, 0.6) is 5.75 Å². The molecule has 2 aliphatic rings. The lowest BCUT2D eigenvalue weighted by molar-refractivity contribution is 0.208. The van der Waals surface area contributed by atoms with Crippen LogP contribution in [-0.2, 0) is 6.54 Å². The molecule has 3 nitrogen and oxygen atoms in total. The van der Waals surface area contributed by atoms with Crippen LogP contribution < -0.4 is 10.1 Å². The summed E-state index contributed by atoms with van der Waals surface area (Å²) in [7, 11) is 1.50. The van der Waals surface area contributed by atoms with Crippen molar-refractivity contribution in [3.05, 3.63) is 29.6 Å². The summed E-state index contributed by atoms with van der Waals surface area (Å²) in [6.07, 6.45) is 6.45. The topological polar surface area (TPSA) is 24.5 Å². The summed E-state index contributed by atoms with van der Waals surface area (Å²) in [5.74, 6) is 0.0622. The molecule has 0 amide bonds. The van der Waals surface area contributed by atoms with E-state index in [1.807, 2.05) is 6.07 Å². The fourth-order valence-electron chi connectivity index (χ4n) is 3.19. The van der Waals surface area contributed by atoms with Crippen molar-refractivity contribution in [2.75, 3.05) is 20.2 Å². The average molecular weight is 292 g/mol. The van der Waals surface area contributed by atoms with Crippen LogP contribution in [0.1, 0.15) is 37.7 Å². The Labute approximate surface area is 126 Å². The Bertz CT molecular complexity index is 470. The number of benzene rings is 1. The van der Waals surface area contributed by atoms with Crippen LogP contribution >= 0.6 is 0 Å². The molecule has 0 bridgehead atoms. The van der Waals surface area contributed by atoms with Gasteiger partial charge in [0.1, 0.15) is 0 Å². The van der Waals surface area contributed by atoms with Crippen LogP contribution in [0.25, 0.3) is 0 Å². The fourth-order valence-corrected chi connectivity index (χ4v) is 3.19. The van der Waals surface area contributed by atoms with E-state index in [0.717, 1.165) is 25.2 Å². The maximum atomic E-state index is 13.8. The van der Waals surface area contributed by atoms with Crippen molar-refractivity contribution in [2.24, 2.45) is 0 Å². The zero-order chi connectivity index (χ0) is 14.7. The van der Waals surface area contributed by atoms with Gasteiger partial charge in [-0.2, -0.15) is 0 Å². The standard InChI is InChI=1S/C17H25FN2O/c1-21-17-8-5-13(10-16(17)18)11-20(15-6-7-15)12-14-4-2-3-9-19-14/h5,8,10,14-15,19H,2-4,6-7,9,11-12H2,1H3. The van der Waals surface area contributed by atoms with E-state index in [1.54, 1.807) is 12.1 Å². The quantitative estimate of drug-likeness (QED) is 0.872. The molecule has 1 aliphatic carbocycles. The maximum absolute atomic E-state index is 13.8. The van der Waals surface area contributed by atoms with Crippen molar-refractivity contribution in [3.8, 4) is 5.75 Å². The van der Waals surface area contributed by atoms with Gasteiger partial charge >= 0.3 is 0 Å². The van der Waals surface area contributed by atoms with E-state index in [1.165, 1.54) is 39.2 Å². The fraction of sp³-hybridized carbons (Fsp3) is 0.647. The summed E-state index contributed by atoms with van der Waals surface area (Å²) < 4.78 is 18.8. The van der Waals surface area contributed by atoms with Crippen LogP contribution in [0.4, 0.5) is 4.39 Å². The number of rotatable bonds is 6. The Morgan fingerprint density at radius 1 is 1.29 bits per heavy atom. The van der Waals surface area contributed by atoms with Crippen molar-refractivity contribution >= 4 is 0 Å². The molecule has 1 N–H and O–H groups in total. The normalized spacial score (nSPS) is 22.5. The van der Waals surface area contributed by atoms with Gasteiger partial charge in [-0.05, 0) is 49.9 Å². The molecule has 3 rings (SSSR count). The second-order valence-corrected chi connectivity index (χ2v) is 6.28. The molecule has 1 unspecified atom stereocenters. The number of piperidine rings is 1. The summed E-state index contributed by atoms with van der Waals surface area (Å²) in [5, 5.41) is 3.61. The third kappa shape index (κ3) is 3.95. The van der Waals surface area contributed by atoms with E-state index in [9.17, 15) is 4.39 Å². The Morgan fingerprint density at radius 2 is 2.14 bits per heavy atom. The van der Waals surface area contributed by atoms with Crippen LogP contribution in [0.15, 0.2) is 18.2 Å². The number of hydrogen-bond donors (Lipinski definition) is 1. The molecular weight excluding hydrogens is 267 g/mol. The molecular formula is C17H25FN2O. The van der Waals surface area contributed by atoms with Crippen molar-refractivity contribution in [3.63, 3.8) is 0 Å². The predicted molar refractivity (Wildman–Crippen MR) is 82.0 cm³/mol. The van der Waals surface area contributed by atoms with E-state index in [4.69, 9.17) is 4.74 Å². The maximum Gasteiger partial charge on any atom is 0.165 e. The van der Waals surface area contributed by atoms with Gasteiger partial charge in [-0.1, -0.05) is 12.5 Å². The van der Waals surface area contributed by atoms with Gasteiger partial charge in [0.15, 0.2) is 11.6 Å². The molecule has 4 heteroatoms. The van der Waals surface area contributed by atoms with E-state index >= 15 is 0 Å². The highest BCUT2D eigenvalue weighted by atomic mass is 19.1. The number of methoxy groups -OCH3 is 1. The van der Waals surface area contributed by atoms with Gasteiger partial charge in [0.25, 0.3) is 0 Å². The summed E-state index contributed by atoms with van der Waals surface area (Å²) in [4.78, 5) is 2.52. The van der Waals surface area contributed by atoms with Crippen LogP contribution in [0, 0.1) is 5.82 Å². The summed E-state index contributed by atoms with van der Waals surface area (Å²) in [5.41, 5.74) is 1.04. The monoisotopic (exact) mass is 292 g/mol. The summed E-state index contributed by atoms with van der Waals surface area (Å²) in [6, 6.07) is 6.62. The van der Waals surface area contributed by atoms with Gasteiger partial charge in [0, 0.05) is 25.2 Å². The van der Waals surface area contributed by atoms with Gasteiger partial charge in [0.05, 0.1) is 7.11 Å². The van der Waals surface area contributed by atoms with Gasteiger partial charge in [0.2, 0.25) is 0 Å². The Morgan fingerprint density at radius 3 is 2.76 bits per heavy atom. The molecule has 1 aliphatic heterocycles. The van der Waals surface area contributed by atoms with Crippen molar-refractivity contribution in [2.45, 2.75) is 50.7 Å². The molecule has 116 valence electrons. The summed E-state index contributed by atoms with van der Waals surface area (Å²) in [6.45, 7) is 3.06. The highest BCUT2D eigenvalue weighted by Crippen LogP contribution is 2.29. The first kappa shape index (κ1) is 14.8. The minimum absolute atomic E-state index is 0.262. The highest BCUT2D eigenvalue weighted by molar-refractivity contribution is 5.29. The molecule has 1 heterocycles. The average Bonchev–Trinajstić information content (AvgIpc) is 3.32. The minimum Gasteiger partial charge on any atom is -0.494 e. The van der Waals surface area contributed by atoms with Crippen LogP contribution in [0.2, 0.25) is 0 Å². The molecule has 0 radical (unpaired) electrons. The highest BCUT2D eigenvalue weighted by Gasteiger charge is 2.31. The molecule has 0 aromatic heterocycles. The van der Waals surface area contributed by atoms with Crippen LogP contribution in [0.3, 0.4) is 0 Å². The first-order valence-electron chi connectivity index (χ1n) is 8.06. The molecule has 2 fully saturated rings. The number of halogens is 1. The third-order valence-electron chi connectivity index (χ3n) is 4.53. The number of hydrogen-bond acceptors (Lipinski definition) is 3. The van der Waals surface area contributed by atoms with Crippen molar-refractivity contribution < 1.29 is 9.13 Å². The Hall–Kier alpha value is -1.13. The number of nitrogens with one attached hydrogen (secondary N) is 1. The van der Waals surface area contributed by atoms with Gasteiger partial charge in [-0.25, -0.2) is 4.39 Å². The Balaban J connectivity index is 1.63. The molecule has 1 atom stereocenters. The van der Waals surface area contributed by atoms with E-state index < -0.39 is 0 Å². The van der Waals surface area contributed by atoms with Crippen molar-refractivity contribution in [1.82, 2.24) is 10.2 Å². The predicted octanol–water partition coefficient (Wildman–Crippen LogP) is 2.94. The lowest BCUT2D eigenvalue weighted by atomic mass is 10.0. The zero-order valence-corrected chi connectivity index (χ0v) is 12.8. The third-order valence-corrected chi connectivity index (χ3v) is 4.53. The lowest BCUT2D eigenvalue weighted by Crippen LogP contribution is -2.44. The largest absolute Gasteiger partial charge is 0.494 e. The molecule has 0 spiro atoms. The first-order chi connectivity index (χ1) is 10.3. The minimum atomic E-state index is -0.262. The molecule has 1 aromatic rings. The molecule has 21 heavy (non-hydrogen) atoms. The zero-order valence-electron chi connectivity index (χ0n) is 12.8. The second-order valence-electron chi connectivity index (χ2n) is 6.28. The number of ether oxygens (including phenoxy) is 1. The molecule has 1 aromatic carbocycles. The van der Waals surface area contributed by atoms with Crippen molar-refractivity contribution in [1.29, 1.82) is 0 Å². The summed E-state index contributed by atoms with van der Waals surface area (Å²) >= 11 is 0. The van der Waals surface area contributed by atoms with E-state index in [-0.39, 0.29) is 5.82 Å². The van der Waals surface area contributed by atoms with Crippen LogP contribution in [-0.4, -0.2) is 37.2 Å². The van der Waals surface area contributed by atoms with Gasteiger partial charge in [-0.15, -0.1) is 0 Å². The smallest absolute Gasteiger partial charge is 0.165 e. The Kier molecular flexibility index (Phi) is 4.76. The van der Waals surface area contributed by atoms with E-state index in [2.05, 4.69) is 10.2 Å².